The van der Waals surface area contributed by atoms with E-state index in [1.54, 1.807) is 0 Å². The summed E-state index contributed by atoms with van der Waals surface area (Å²) in [5.74, 6) is 2.23. The monoisotopic (exact) mass is 354 g/mol. The molecule has 1 heterocycles. The van der Waals surface area contributed by atoms with E-state index in [1.165, 1.54) is 19.3 Å². The molecule has 0 bridgehead atoms. The largest absolute Gasteiger partial charge is 0.392 e. The van der Waals surface area contributed by atoms with E-state index in [4.69, 9.17) is 10.1 Å². The van der Waals surface area contributed by atoms with Gasteiger partial charge in [-0.1, -0.05) is 36.8 Å². The van der Waals surface area contributed by atoms with Crippen molar-refractivity contribution in [1.29, 1.82) is 0 Å². The van der Waals surface area contributed by atoms with Crippen molar-refractivity contribution in [3.05, 3.63) is 36.2 Å². The predicted molar refractivity (Wildman–Crippen MR) is 103 cm³/mol. The molecule has 1 aromatic heterocycles. The molecule has 1 aromatic carbocycles. The van der Waals surface area contributed by atoms with Crippen molar-refractivity contribution >= 4 is 0 Å². The third-order valence-electron chi connectivity index (χ3n) is 5.91. The van der Waals surface area contributed by atoms with Crippen LogP contribution < -0.4 is 5.32 Å². The molecule has 2 aliphatic rings. The number of aromatic nitrogens is 3. The van der Waals surface area contributed by atoms with Crippen molar-refractivity contribution < 1.29 is 5.11 Å². The number of benzene rings is 1. The van der Waals surface area contributed by atoms with Crippen LogP contribution in [0.3, 0.4) is 0 Å². The van der Waals surface area contributed by atoms with Crippen LogP contribution in [0, 0.1) is 0 Å². The molecular weight excluding hydrogens is 324 g/mol. The molecule has 2 saturated carbocycles. The van der Waals surface area contributed by atoms with Crippen molar-refractivity contribution in [2.24, 2.45) is 0 Å². The van der Waals surface area contributed by atoms with Crippen molar-refractivity contribution in [2.45, 2.75) is 82.5 Å². The molecule has 0 amide bonds. The average Bonchev–Trinajstić information content (AvgIpc) is 3.06. The number of rotatable bonds is 5. The lowest BCUT2D eigenvalue weighted by Crippen LogP contribution is -2.50. The van der Waals surface area contributed by atoms with Gasteiger partial charge in [-0.3, -0.25) is 0 Å². The van der Waals surface area contributed by atoms with E-state index < -0.39 is 0 Å². The molecule has 5 nitrogen and oxygen atoms in total. The molecule has 0 spiro atoms. The maximum atomic E-state index is 10.5. The summed E-state index contributed by atoms with van der Waals surface area (Å²) in [6.45, 7) is 4.32. The number of aliphatic hydroxyl groups excluding tert-OH is 1. The number of nitrogens with one attached hydrogen (secondary N) is 1. The van der Waals surface area contributed by atoms with Gasteiger partial charge in [-0.2, -0.15) is 5.10 Å². The summed E-state index contributed by atoms with van der Waals surface area (Å²) < 4.78 is 2.09. The van der Waals surface area contributed by atoms with Crippen LogP contribution in [0.2, 0.25) is 0 Å². The Bertz CT molecular complexity index is 723. The molecule has 4 rings (SSSR count). The van der Waals surface area contributed by atoms with E-state index in [0.29, 0.717) is 12.0 Å². The highest BCUT2D eigenvalue weighted by molar-refractivity contribution is 5.54. The molecule has 2 N–H and O–H groups in total. The first-order valence-corrected chi connectivity index (χ1v) is 10.1. The van der Waals surface area contributed by atoms with Gasteiger partial charge in [0.15, 0.2) is 5.82 Å². The normalized spacial score (nSPS) is 26.8. The first kappa shape index (κ1) is 17.7. The Balaban J connectivity index is 1.58. The lowest BCUT2D eigenvalue weighted by atomic mass is 9.81. The second-order valence-electron chi connectivity index (χ2n) is 8.18. The van der Waals surface area contributed by atoms with Gasteiger partial charge in [0.05, 0.1) is 6.10 Å². The summed E-state index contributed by atoms with van der Waals surface area (Å²) in [4.78, 5) is 4.94. The Morgan fingerprint density at radius 2 is 1.88 bits per heavy atom. The number of aliphatic hydroxyl groups is 1. The third kappa shape index (κ3) is 3.55. The zero-order valence-electron chi connectivity index (χ0n) is 15.8. The van der Waals surface area contributed by atoms with Crippen LogP contribution in [0.5, 0.6) is 0 Å². The Morgan fingerprint density at radius 3 is 2.54 bits per heavy atom. The fourth-order valence-corrected chi connectivity index (χ4v) is 4.15. The van der Waals surface area contributed by atoms with Crippen molar-refractivity contribution in [3.8, 4) is 11.4 Å². The first-order valence-electron chi connectivity index (χ1n) is 10.1. The van der Waals surface area contributed by atoms with Gasteiger partial charge in [-0.25, -0.2) is 9.67 Å². The maximum absolute atomic E-state index is 10.5. The van der Waals surface area contributed by atoms with Crippen LogP contribution in [-0.4, -0.2) is 38.1 Å². The van der Waals surface area contributed by atoms with E-state index in [0.717, 1.165) is 36.5 Å². The molecular formula is C21H30N4O. The molecule has 0 radical (unpaired) electrons. The first-order chi connectivity index (χ1) is 12.6. The molecule has 0 unspecified atom stereocenters. The average molecular weight is 354 g/mol. The lowest BCUT2D eigenvalue weighted by Gasteiger charge is -2.38. The molecule has 0 saturated heterocycles. The van der Waals surface area contributed by atoms with Gasteiger partial charge >= 0.3 is 0 Å². The van der Waals surface area contributed by atoms with Crippen molar-refractivity contribution in [1.82, 2.24) is 20.1 Å². The zero-order chi connectivity index (χ0) is 18.1. The molecule has 2 fully saturated rings. The van der Waals surface area contributed by atoms with Crippen LogP contribution >= 0.6 is 0 Å². The minimum atomic E-state index is -0.240. The molecule has 5 heteroatoms. The van der Waals surface area contributed by atoms with Gasteiger partial charge in [-0.05, 0) is 46.0 Å². The second kappa shape index (κ2) is 7.49. The van der Waals surface area contributed by atoms with E-state index in [1.807, 2.05) is 18.2 Å². The highest BCUT2D eigenvalue weighted by Gasteiger charge is 2.35. The van der Waals surface area contributed by atoms with E-state index in [2.05, 4.69) is 36.0 Å². The molecule has 2 aliphatic carbocycles. The summed E-state index contributed by atoms with van der Waals surface area (Å²) in [6.07, 6.45) is 6.31. The Labute approximate surface area is 155 Å². The maximum Gasteiger partial charge on any atom is 0.181 e. The van der Waals surface area contributed by atoms with Crippen molar-refractivity contribution in [2.75, 3.05) is 0 Å². The van der Waals surface area contributed by atoms with Crippen LogP contribution in [0.4, 0.5) is 0 Å². The SMILES string of the molecule is CC(C)n1nc(-c2ccccc2)nc1[C@H]1CC[C@@H](O)[C@H](NC2CCC2)C1. The number of nitrogens with zero attached hydrogens (tertiary/aromatic N) is 3. The van der Waals surface area contributed by atoms with Crippen LogP contribution in [-0.2, 0) is 0 Å². The zero-order valence-corrected chi connectivity index (χ0v) is 15.8. The lowest BCUT2D eigenvalue weighted by molar-refractivity contribution is 0.0686. The van der Waals surface area contributed by atoms with Gasteiger partial charge in [0.25, 0.3) is 0 Å². The second-order valence-corrected chi connectivity index (χ2v) is 8.18. The molecule has 26 heavy (non-hydrogen) atoms. The fourth-order valence-electron chi connectivity index (χ4n) is 4.15. The van der Waals surface area contributed by atoms with Crippen molar-refractivity contribution in [3.63, 3.8) is 0 Å². The smallest absolute Gasteiger partial charge is 0.181 e. The van der Waals surface area contributed by atoms with Gasteiger partial charge in [0.1, 0.15) is 5.82 Å². The Hall–Kier alpha value is -1.72. The van der Waals surface area contributed by atoms with Crippen LogP contribution in [0.25, 0.3) is 11.4 Å². The van der Waals surface area contributed by atoms with Gasteiger partial charge in [0, 0.05) is 29.6 Å². The topological polar surface area (TPSA) is 63.0 Å². The fraction of sp³-hybridized carbons (Fsp3) is 0.619. The molecule has 0 aliphatic heterocycles. The van der Waals surface area contributed by atoms with E-state index in [9.17, 15) is 5.11 Å². The van der Waals surface area contributed by atoms with Gasteiger partial charge in [-0.15, -0.1) is 0 Å². The van der Waals surface area contributed by atoms with Gasteiger partial charge < -0.3 is 10.4 Å². The predicted octanol–water partition coefficient (Wildman–Crippen LogP) is 3.67. The Morgan fingerprint density at radius 1 is 1.12 bits per heavy atom. The Kier molecular flexibility index (Phi) is 5.09. The highest BCUT2D eigenvalue weighted by Crippen LogP contribution is 2.35. The summed E-state index contributed by atoms with van der Waals surface area (Å²) in [7, 11) is 0. The summed E-state index contributed by atoms with van der Waals surface area (Å²) in [6, 6.07) is 11.3. The van der Waals surface area contributed by atoms with Gasteiger partial charge in [0.2, 0.25) is 0 Å². The minimum Gasteiger partial charge on any atom is -0.392 e. The summed E-state index contributed by atoms with van der Waals surface area (Å²) >= 11 is 0. The third-order valence-corrected chi connectivity index (χ3v) is 5.91. The molecule has 140 valence electrons. The number of hydrogen-bond donors (Lipinski definition) is 2. The van der Waals surface area contributed by atoms with E-state index in [-0.39, 0.29) is 18.2 Å². The highest BCUT2D eigenvalue weighted by atomic mass is 16.3. The minimum absolute atomic E-state index is 0.177. The quantitative estimate of drug-likeness (QED) is 0.860. The van der Waals surface area contributed by atoms with Crippen LogP contribution in [0.1, 0.15) is 70.2 Å². The molecule has 3 atom stereocenters. The van der Waals surface area contributed by atoms with E-state index >= 15 is 0 Å². The number of hydrogen-bond acceptors (Lipinski definition) is 4. The van der Waals surface area contributed by atoms with Crippen LogP contribution in [0.15, 0.2) is 30.3 Å². The standard InChI is InChI=1S/C21H30N4O/c1-14(2)25-21(23-20(24-25)15-7-4-3-5-8-15)16-11-12-19(26)18(13-16)22-17-9-6-10-17/h3-5,7-8,14,16-19,22,26H,6,9-13H2,1-2H3/t16-,18+,19+/m0/s1. The summed E-state index contributed by atoms with van der Waals surface area (Å²) in [5.41, 5.74) is 1.06. The summed E-state index contributed by atoms with van der Waals surface area (Å²) in [5, 5.41) is 19.0. The molecule has 2 aromatic rings.